The predicted octanol–water partition coefficient (Wildman–Crippen LogP) is 4.00. The van der Waals surface area contributed by atoms with Crippen LogP contribution in [0.4, 0.5) is 4.39 Å². The van der Waals surface area contributed by atoms with E-state index in [2.05, 4.69) is 21.0 Å². The zero-order valence-electron chi connectivity index (χ0n) is 13.0. The van der Waals surface area contributed by atoms with E-state index in [-0.39, 0.29) is 17.8 Å². The minimum atomic E-state index is -0.230. The maximum Gasteiger partial charge on any atom is 0.274 e. The Bertz CT molecular complexity index is 953. The van der Waals surface area contributed by atoms with Gasteiger partial charge in [-0.15, -0.1) is 0 Å². The van der Waals surface area contributed by atoms with E-state index in [0.29, 0.717) is 18.7 Å². The highest BCUT2D eigenvalue weighted by molar-refractivity contribution is 9.10. The number of fused-ring (bicyclic) bond motifs is 2. The molecule has 122 valence electrons. The third kappa shape index (κ3) is 2.51. The molecule has 0 spiro atoms. The van der Waals surface area contributed by atoms with Crippen LogP contribution in [0.15, 0.2) is 47.1 Å². The molecule has 24 heavy (non-hydrogen) atoms. The minimum absolute atomic E-state index is 0.0987. The van der Waals surface area contributed by atoms with Crippen LogP contribution in [0.5, 0.6) is 0 Å². The van der Waals surface area contributed by atoms with E-state index in [1.807, 2.05) is 25.3 Å². The van der Waals surface area contributed by atoms with Gasteiger partial charge in [-0.05, 0) is 70.7 Å². The summed E-state index contributed by atoms with van der Waals surface area (Å²) in [6.07, 6.45) is 2.48. The zero-order chi connectivity index (χ0) is 16.8. The molecule has 1 atom stereocenters. The maximum absolute atomic E-state index is 13.4. The Kier molecular flexibility index (Phi) is 3.64. The number of carbonyl (C=O) groups is 1. The molecule has 1 aromatic carbocycles. The van der Waals surface area contributed by atoms with Gasteiger partial charge in [-0.2, -0.15) is 5.10 Å². The predicted molar refractivity (Wildman–Crippen MR) is 92.4 cm³/mol. The highest BCUT2D eigenvalue weighted by Crippen LogP contribution is 2.31. The molecule has 0 N–H and O–H groups in total. The summed E-state index contributed by atoms with van der Waals surface area (Å²) >= 11 is 3.40. The summed E-state index contributed by atoms with van der Waals surface area (Å²) in [6, 6.07) is 10.3. The van der Waals surface area contributed by atoms with Crippen LogP contribution in [0.2, 0.25) is 0 Å². The maximum atomic E-state index is 13.4. The average Bonchev–Trinajstić information content (AvgIpc) is 2.97. The van der Waals surface area contributed by atoms with E-state index in [0.717, 1.165) is 21.1 Å². The largest absolute Gasteiger partial charge is 0.330 e. The third-order valence-electron chi connectivity index (χ3n) is 4.55. The van der Waals surface area contributed by atoms with Crippen LogP contribution in [-0.4, -0.2) is 27.0 Å². The van der Waals surface area contributed by atoms with Gasteiger partial charge in [-0.3, -0.25) is 4.79 Å². The van der Waals surface area contributed by atoms with Crippen molar-refractivity contribution >= 4 is 27.4 Å². The van der Waals surface area contributed by atoms with Crippen LogP contribution in [0.1, 0.15) is 34.6 Å². The Balaban J connectivity index is 1.67. The molecule has 1 aliphatic rings. The summed E-state index contributed by atoms with van der Waals surface area (Å²) in [5.74, 6) is -0.330. The number of hydrogen-bond donors (Lipinski definition) is 0. The number of amides is 1. The van der Waals surface area contributed by atoms with Gasteiger partial charge in [-0.1, -0.05) is 6.07 Å². The van der Waals surface area contributed by atoms with Crippen LogP contribution in [0.25, 0.3) is 5.52 Å². The van der Waals surface area contributed by atoms with Gasteiger partial charge < -0.3 is 4.90 Å². The lowest BCUT2D eigenvalue weighted by atomic mass is 9.93. The summed E-state index contributed by atoms with van der Waals surface area (Å²) in [4.78, 5) is 14.7. The smallest absolute Gasteiger partial charge is 0.274 e. The number of benzene rings is 1. The average molecular weight is 388 g/mol. The fraction of sp³-hybridized carbons (Fsp3) is 0.222. The van der Waals surface area contributed by atoms with Gasteiger partial charge >= 0.3 is 0 Å². The van der Waals surface area contributed by atoms with Crippen molar-refractivity contribution in [1.82, 2.24) is 14.5 Å². The number of hydrogen-bond acceptors (Lipinski definition) is 2. The molecule has 3 aromatic rings. The Morgan fingerprint density at radius 3 is 2.96 bits per heavy atom. The number of rotatable bonds is 1. The fourth-order valence-corrected chi connectivity index (χ4v) is 3.62. The minimum Gasteiger partial charge on any atom is -0.330 e. The molecular weight excluding hydrogens is 373 g/mol. The monoisotopic (exact) mass is 387 g/mol. The molecule has 1 aliphatic heterocycles. The number of aromatic nitrogens is 2. The molecule has 0 saturated carbocycles. The first-order chi connectivity index (χ1) is 11.5. The number of pyridine rings is 1. The summed E-state index contributed by atoms with van der Waals surface area (Å²) in [6.45, 7) is 2.54. The lowest BCUT2D eigenvalue weighted by molar-refractivity contribution is 0.0671. The summed E-state index contributed by atoms with van der Waals surface area (Å²) in [7, 11) is 0. The Labute approximate surface area is 147 Å². The van der Waals surface area contributed by atoms with E-state index in [1.165, 1.54) is 6.07 Å². The van der Waals surface area contributed by atoms with Gasteiger partial charge in [-0.25, -0.2) is 8.91 Å². The van der Waals surface area contributed by atoms with Gasteiger partial charge in [0.15, 0.2) is 5.69 Å². The molecule has 3 heterocycles. The van der Waals surface area contributed by atoms with Gasteiger partial charge in [0.25, 0.3) is 5.91 Å². The normalized spacial score (nSPS) is 17.1. The van der Waals surface area contributed by atoms with Gasteiger partial charge in [0, 0.05) is 17.2 Å². The van der Waals surface area contributed by atoms with Crippen molar-refractivity contribution in [1.29, 1.82) is 0 Å². The molecule has 6 heteroatoms. The Morgan fingerprint density at radius 2 is 2.12 bits per heavy atom. The van der Waals surface area contributed by atoms with Crippen molar-refractivity contribution in [3.05, 3.63) is 69.7 Å². The van der Waals surface area contributed by atoms with E-state index in [4.69, 9.17) is 0 Å². The molecule has 4 nitrogen and oxygen atoms in total. The molecule has 0 aliphatic carbocycles. The highest BCUT2D eigenvalue weighted by Gasteiger charge is 2.29. The molecule has 0 bridgehead atoms. The molecule has 1 unspecified atom stereocenters. The van der Waals surface area contributed by atoms with Crippen molar-refractivity contribution in [3.63, 3.8) is 0 Å². The van der Waals surface area contributed by atoms with Crippen LogP contribution < -0.4 is 0 Å². The van der Waals surface area contributed by atoms with Gasteiger partial charge in [0.2, 0.25) is 0 Å². The van der Waals surface area contributed by atoms with E-state index >= 15 is 0 Å². The molecular formula is C18H15BrFN3O. The van der Waals surface area contributed by atoms with Crippen LogP contribution in [0, 0.1) is 5.82 Å². The Morgan fingerprint density at radius 1 is 1.29 bits per heavy atom. The highest BCUT2D eigenvalue weighted by atomic mass is 79.9. The van der Waals surface area contributed by atoms with Gasteiger partial charge in [0.05, 0.1) is 11.6 Å². The van der Waals surface area contributed by atoms with Crippen molar-refractivity contribution in [3.8, 4) is 0 Å². The second-order valence-corrected chi connectivity index (χ2v) is 6.93. The SMILES string of the molecule is CC1c2ccc(F)cc2CCN1C(=O)c1cc2ccc(Br)cn2n1. The van der Waals surface area contributed by atoms with Crippen molar-refractivity contribution in [2.24, 2.45) is 0 Å². The van der Waals surface area contributed by atoms with E-state index in [1.54, 1.807) is 27.6 Å². The molecule has 0 radical (unpaired) electrons. The fourth-order valence-electron chi connectivity index (χ4n) is 3.29. The lowest BCUT2D eigenvalue weighted by Gasteiger charge is -2.34. The van der Waals surface area contributed by atoms with Crippen LogP contribution >= 0.6 is 15.9 Å². The quantitative estimate of drug-likeness (QED) is 0.632. The first kappa shape index (κ1) is 15.3. The Hall–Kier alpha value is -2.21. The summed E-state index contributed by atoms with van der Waals surface area (Å²) in [5.41, 5.74) is 3.27. The van der Waals surface area contributed by atoms with Crippen molar-refractivity contribution in [2.75, 3.05) is 6.54 Å². The lowest BCUT2D eigenvalue weighted by Crippen LogP contribution is -2.39. The summed E-state index contributed by atoms with van der Waals surface area (Å²) in [5, 5.41) is 4.39. The van der Waals surface area contributed by atoms with Gasteiger partial charge in [0.1, 0.15) is 5.82 Å². The first-order valence-electron chi connectivity index (χ1n) is 7.77. The number of carbonyl (C=O) groups excluding carboxylic acids is 1. The van der Waals surface area contributed by atoms with Crippen molar-refractivity contribution < 1.29 is 9.18 Å². The van der Waals surface area contributed by atoms with Crippen molar-refractivity contribution in [2.45, 2.75) is 19.4 Å². The number of nitrogens with zero attached hydrogens (tertiary/aromatic N) is 3. The first-order valence-corrected chi connectivity index (χ1v) is 8.56. The molecule has 4 rings (SSSR count). The molecule has 0 saturated heterocycles. The zero-order valence-corrected chi connectivity index (χ0v) is 14.6. The summed E-state index contributed by atoms with van der Waals surface area (Å²) < 4.78 is 16.0. The molecule has 2 aromatic heterocycles. The number of halogens is 2. The third-order valence-corrected chi connectivity index (χ3v) is 5.02. The van der Waals surface area contributed by atoms with E-state index in [9.17, 15) is 9.18 Å². The van der Waals surface area contributed by atoms with Crippen LogP contribution in [-0.2, 0) is 6.42 Å². The topological polar surface area (TPSA) is 37.6 Å². The second-order valence-electron chi connectivity index (χ2n) is 6.01. The van der Waals surface area contributed by atoms with E-state index < -0.39 is 0 Å². The molecule has 1 amide bonds. The molecule has 0 fully saturated rings. The standard InChI is InChI=1S/C18H15BrFN3O/c1-11-16-5-3-14(20)8-12(16)6-7-22(11)18(24)17-9-15-4-2-13(19)10-23(15)21-17/h2-5,8-11H,6-7H2,1H3. The second kappa shape index (κ2) is 5.70. The van der Waals surface area contributed by atoms with Crippen LogP contribution in [0.3, 0.4) is 0 Å².